The number of hydrogen-bond acceptors (Lipinski definition) is 3. The van der Waals surface area contributed by atoms with Gasteiger partial charge in [0.1, 0.15) is 5.75 Å². The Hall–Kier alpha value is -2.51. The molecule has 0 unspecified atom stereocenters. The third-order valence-corrected chi connectivity index (χ3v) is 3.04. The minimum atomic E-state index is -4.39. The summed E-state index contributed by atoms with van der Waals surface area (Å²) in [6.07, 6.45) is -1.17. The zero-order valence-electron chi connectivity index (χ0n) is 12.4. The van der Waals surface area contributed by atoms with Crippen molar-refractivity contribution < 1.29 is 22.7 Å². The second-order valence-electron chi connectivity index (χ2n) is 5.05. The average molecular weight is 327 g/mol. The van der Waals surface area contributed by atoms with Gasteiger partial charge in [-0.25, -0.2) is 4.98 Å². The normalized spacial score (nSPS) is 11.3. The number of nitrogens with zero attached hydrogens (tertiary/aromatic N) is 2. The first-order valence-corrected chi connectivity index (χ1v) is 6.83. The van der Waals surface area contributed by atoms with Gasteiger partial charge >= 0.3 is 6.18 Å². The van der Waals surface area contributed by atoms with Gasteiger partial charge in [0.2, 0.25) is 5.91 Å². The van der Waals surface area contributed by atoms with Crippen LogP contribution in [-0.4, -0.2) is 40.6 Å². The summed E-state index contributed by atoms with van der Waals surface area (Å²) in [4.78, 5) is 20.4. The first-order chi connectivity index (χ1) is 10.8. The Labute approximate surface area is 131 Å². The Morgan fingerprint density at radius 1 is 1.39 bits per heavy atom. The van der Waals surface area contributed by atoms with Crippen LogP contribution < -0.4 is 4.74 Å². The summed E-state index contributed by atoms with van der Waals surface area (Å²) >= 11 is 0. The number of carbonyl (C=O) groups excluding carboxylic acids is 1. The number of hydrogen-bond donors (Lipinski definition) is 1. The molecule has 8 heteroatoms. The minimum absolute atomic E-state index is 0.0772. The first-order valence-electron chi connectivity index (χ1n) is 6.83. The largest absolute Gasteiger partial charge is 0.484 e. The highest BCUT2D eigenvalue weighted by Crippen LogP contribution is 2.19. The highest BCUT2D eigenvalue weighted by Gasteiger charge is 2.28. The lowest BCUT2D eigenvalue weighted by molar-refractivity contribution is -0.153. The van der Waals surface area contributed by atoms with Crippen LogP contribution in [0.15, 0.2) is 36.8 Å². The van der Waals surface area contributed by atoms with E-state index in [9.17, 15) is 18.0 Å². The van der Waals surface area contributed by atoms with Gasteiger partial charge in [0.15, 0.2) is 6.61 Å². The molecule has 1 aromatic heterocycles. The molecule has 1 N–H and O–H groups in total. The molecule has 0 spiro atoms. The maximum atomic E-state index is 12.1. The van der Waals surface area contributed by atoms with Crippen LogP contribution in [0.1, 0.15) is 11.3 Å². The highest BCUT2D eigenvalue weighted by atomic mass is 19.4. The zero-order valence-corrected chi connectivity index (χ0v) is 12.4. The number of benzene rings is 1. The molecule has 0 aliphatic heterocycles. The van der Waals surface area contributed by atoms with Gasteiger partial charge in [-0.2, -0.15) is 13.2 Å². The molecule has 124 valence electrons. The van der Waals surface area contributed by atoms with E-state index in [0.29, 0.717) is 12.1 Å². The van der Waals surface area contributed by atoms with Crippen molar-refractivity contribution in [1.82, 2.24) is 14.9 Å². The predicted octanol–water partition coefficient (Wildman–Crippen LogP) is 2.55. The van der Waals surface area contributed by atoms with Crippen LogP contribution in [0.4, 0.5) is 13.2 Å². The molecule has 0 bridgehead atoms. The molecule has 0 saturated heterocycles. The highest BCUT2D eigenvalue weighted by molar-refractivity contribution is 5.78. The Morgan fingerprint density at radius 3 is 2.83 bits per heavy atom. The third kappa shape index (κ3) is 5.65. The van der Waals surface area contributed by atoms with E-state index in [0.717, 1.165) is 5.69 Å². The molecule has 0 atom stereocenters. The van der Waals surface area contributed by atoms with E-state index in [1.54, 1.807) is 25.4 Å². The molecule has 1 heterocycles. The summed E-state index contributed by atoms with van der Waals surface area (Å²) in [5.74, 6) is -0.0728. The van der Waals surface area contributed by atoms with Gasteiger partial charge in [-0.15, -0.1) is 0 Å². The zero-order chi connectivity index (χ0) is 16.9. The number of nitrogens with one attached hydrogen (secondary N) is 1. The fraction of sp³-hybridized carbons (Fsp3) is 0.333. The molecular weight excluding hydrogens is 311 g/mol. The smallest absolute Gasteiger partial charge is 0.422 e. The van der Waals surface area contributed by atoms with Gasteiger partial charge in [-0.3, -0.25) is 4.79 Å². The van der Waals surface area contributed by atoms with E-state index < -0.39 is 12.8 Å². The number of ether oxygens (including phenoxy) is 1. The van der Waals surface area contributed by atoms with Crippen LogP contribution in [0.5, 0.6) is 5.75 Å². The molecule has 0 fully saturated rings. The van der Waals surface area contributed by atoms with Crippen molar-refractivity contribution in [3.05, 3.63) is 48.0 Å². The molecule has 1 aromatic carbocycles. The Kier molecular flexibility index (Phi) is 5.25. The van der Waals surface area contributed by atoms with Crippen LogP contribution in [0, 0.1) is 0 Å². The fourth-order valence-corrected chi connectivity index (χ4v) is 1.93. The number of rotatable bonds is 6. The fourth-order valence-electron chi connectivity index (χ4n) is 1.93. The molecule has 2 rings (SSSR count). The summed E-state index contributed by atoms with van der Waals surface area (Å²) in [6.45, 7) is -0.979. The standard InChI is InChI=1S/C15H16F3N3O2/c1-21(8-12-7-19-10-20-12)14(22)6-11-3-2-4-13(5-11)23-9-15(16,17)18/h2-5,7,10H,6,8-9H2,1H3,(H,19,20). The Bertz CT molecular complexity index is 642. The van der Waals surface area contributed by atoms with Crippen LogP contribution in [0.25, 0.3) is 0 Å². The monoisotopic (exact) mass is 327 g/mol. The molecule has 23 heavy (non-hydrogen) atoms. The maximum absolute atomic E-state index is 12.1. The van der Waals surface area contributed by atoms with Crippen LogP contribution >= 0.6 is 0 Å². The quantitative estimate of drug-likeness (QED) is 0.887. The summed E-state index contributed by atoms with van der Waals surface area (Å²) in [5.41, 5.74) is 1.38. The summed E-state index contributed by atoms with van der Waals surface area (Å²) in [6, 6.07) is 6.09. The van der Waals surface area contributed by atoms with Crippen molar-refractivity contribution >= 4 is 5.91 Å². The number of carbonyl (C=O) groups is 1. The van der Waals surface area contributed by atoms with Gasteiger partial charge in [-0.05, 0) is 17.7 Å². The molecule has 2 aromatic rings. The third-order valence-electron chi connectivity index (χ3n) is 3.04. The van der Waals surface area contributed by atoms with Gasteiger partial charge < -0.3 is 14.6 Å². The molecular formula is C15H16F3N3O2. The molecule has 0 aliphatic carbocycles. The van der Waals surface area contributed by atoms with Crippen molar-refractivity contribution in [1.29, 1.82) is 0 Å². The number of imidazole rings is 1. The lowest BCUT2D eigenvalue weighted by atomic mass is 10.1. The second-order valence-corrected chi connectivity index (χ2v) is 5.05. The van der Waals surface area contributed by atoms with Crippen LogP contribution in [0.2, 0.25) is 0 Å². The summed E-state index contributed by atoms with van der Waals surface area (Å²) in [5, 5.41) is 0. The second kappa shape index (κ2) is 7.17. The van der Waals surface area contributed by atoms with Crippen molar-refractivity contribution in [2.75, 3.05) is 13.7 Å². The number of amides is 1. The van der Waals surface area contributed by atoms with Gasteiger partial charge in [0.25, 0.3) is 0 Å². The predicted molar refractivity (Wildman–Crippen MR) is 76.8 cm³/mol. The van der Waals surface area contributed by atoms with Gasteiger partial charge in [-0.1, -0.05) is 12.1 Å². The lowest BCUT2D eigenvalue weighted by Gasteiger charge is -2.16. The number of aromatic amines is 1. The number of alkyl halides is 3. The van der Waals surface area contributed by atoms with E-state index in [1.807, 2.05) is 0 Å². The number of aromatic nitrogens is 2. The van der Waals surface area contributed by atoms with Crippen LogP contribution in [-0.2, 0) is 17.8 Å². The van der Waals surface area contributed by atoms with Gasteiger partial charge in [0, 0.05) is 13.2 Å². The number of halogens is 3. The van der Waals surface area contributed by atoms with Crippen molar-refractivity contribution in [2.24, 2.45) is 0 Å². The van der Waals surface area contributed by atoms with E-state index >= 15 is 0 Å². The topological polar surface area (TPSA) is 58.2 Å². The van der Waals surface area contributed by atoms with Gasteiger partial charge in [0.05, 0.1) is 25.0 Å². The molecule has 1 amide bonds. The van der Waals surface area contributed by atoms with E-state index in [4.69, 9.17) is 0 Å². The number of H-pyrrole nitrogens is 1. The molecule has 5 nitrogen and oxygen atoms in total. The van der Waals surface area contributed by atoms with Crippen LogP contribution in [0.3, 0.4) is 0 Å². The van der Waals surface area contributed by atoms with Crippen molar-refractivity contribution in [2.45, 2.75) is 19.1 Å². The van der Waals surface area contributed by atoms with Crippen molar-refractivity contribution in [3.8, 4) is 5.75 Å². The maximum Gasteiger partial charge on any atom is 0.422 e. The Balaban J connectivity index is 1.92. The van der Waals surface area contributed by atoms with E-state index in [2.05, 4.69) is 14.7 Å². The molecule has 0 radical (unpaired) electrons. The molecule has 0 aliphatic rings. The SMILES string of the molecule is CN(Cc1cnc[nH]1)C(=O)Cc1cccc(OCC(F)(F)F)c1. The van der Waals surface area contributed by atoms with Crippen molar-refractivity contribution in [3.63, 3.8) is 0 Å². The summed E-state index contributed by atoms with van der Waals surface area (Å²) < 4.78 is 41.1. The number of likely N-dealkylation sites (N-methyl/N-ethyl adjacent to an activating group) is 1. The minimum Gasteiger partial charge on any atom is -0.484 e. The Morgan fingerprint density at radius 2 is 2.17 bits per heavy atom. The van der Waals surface area contributed by atoms with E-state index in [-0.39, 0.29) is 18.1 Å². The summed E-state index contributed by atoms with van der Waals surface area (Å²) in [7, 11) is 1.65. The lowest BCUT2D eigenvalue weighted by Crippen LogP contribution is -2.27. The average Bonchev–Trinajstić information content (AvgIpc) is 2.97. The van der Waals surface area contributed by atoms with E-state index in [1.165, 1.54) is 23.4 Å². The first kappa shape index (κ1) is 16.9. The molecule has 0 saturated carbocycles.